The van der Waals surface area contributed by atoms with E-state index in [-0.39, 0.29) is 11.4 Å². The van der Waals surface area contributed by atoms with Crippen LogP contribution >= 0.6 is 23.4 Å². The molecule has 0 radical (unpaired) electrons. The van der Waals surface area contributed by atoms with Crippen molar-refractivity contribution in [3.63, 3.8) is 0 Å². The van der Waals surface area contributed by atoms with E-state index in [4.69, 9.17) is 11.6 Å². The third kappa shape index (κ3) is 4.54. The van der Waals surface area contributed by atoms with Gasteiger partial charge in [0, 0.05) is 40.7 Å². The number of fused-ring (bicyclic) bond motifs is 1. The Hall–Kier alpha value is -3.10. The van der Waals surface area contributed by atoms with Crippen LogP contribution in [0.3, 0.4) is 0 Å². The molecule has 0 saturated carbocycles. The number of rotatable bonds is 7. The standard InChI is InChI=1S/C24H22ClFN4O2S/c1-13-8-17-14(2)19(26)10-18(25)23(17)30(13)7-6-27-22-11-20(28-12-29-22)15-4-5-16(24(31)32)21(9-15)33-3/h4-5,8-12H,6-7H2,1-3H3,(H,31,32)(H,27,28,29). The van der Waals surface area contributed by atoms with Crippen LogP contribution in [0.4, 0.5) is 10.2 Å². The highest BCUT2D eigenvalue weighted by Crippen LogP contribution is 2.32. The van der Waals surface area contributed by atoms with Crippen LogP contribution in [0.15, 0.2) is 47.6 Å². The second-order valence-electron chi connectivity index (χ2n) is 7.60. The molecular weight excluding hydrogens is 463 g/mol. The van der Waals surface area contributed by atoms with Crippen LogP contribution in [0, 0.1) is 19.7 Å². The average molecular weight is 485 g/mol. The smallest absolute Gasteiger partial charge is 0.336 e. The predicted molar refractivity (Wildman–Crippen MR) is 131 cm³/mol. The van der Waals surface area contributed by atoms with E-state index in [1.807, 2.05) is 31.4 Å². The summed E-state index contributed by atoms with van der Waals surface area (Å²) in [6, 6.07) is 10.3. The number of thioether (sulfide) groups is 1. The van der Waals surface area contributed by atoms with Gasteiger partial charge in [0.25, 0.3) is 0 Å². The fourth-order valence-electron chi connectivity index (χ4n) is 3.86. The highest BCUT2D eigenvalue weighted by atomic mass is 35.5. The first kappa shape index (κ1) is 23.1. The maximum atomic E-state index is 14.1. The molecule has 0 spiro atoms. The van der Waals surface area contributed by atoms with Gasteiger partial charge in [-0.05, 0) is 49.9 Å². The Bertz CT molecular complexity index is 1370. The van der Waals surface area contributed by atoms with Crippen LogP contribution in [0.25, 0.3) is 22.2 Å². The molecule has 0 fully saturated rings. The van der Waals surface area contributed by atoms with Crippen molar-refractivity contribution in [1.29, 1.82) is 0 Å². The summed E-state index contributed by atoms with van der Waals surface area (Å²) in [6.45, 7) is 4.91. The molecule has 2 aromatic carbocycles. The van der Waals surface area contributed by atoms with E-state index in [0.717, 1.165) is 22.2 Å². The van der Waals surface area contributed by atoms with Crippen molar-refractivity contribution in [3.05, 3.63) is 70.4 Å². The van der Waals surface area contributed by atoms with Crippen molar-refractivity contribution in [2.75, 3.05) is 18.1 Å². The molecule has 2 heterocycles. The number of benzene rings is 2. The van der Waals surface area contributed by atoms with Gasteiger partial charge in [-0.15, -0.1) is 11.8 Å². The van der Waals surface area contributed by atoms with Crippen molar-refractivity contribution in [3.8, 4) is 11.3 Å². The van der Waals surface area contributed by atoms with Crippen molar-refractivity contribution in [1.82, 2.24) is 14.5 Å². The minimum Gasteiger partial charge on any atom is -0.478 e. The van der Waals surface area contributed by atoms with Gasteiger partial charge in [0.1, 0.15) is 18.0 Å². The lowest BCUT2D eigenvalue weighted by molar-refractivity contribution is 0.0693. The first-order chi connectivity index (χ1) is 15.8. The number of carboxylic acids is 1. The zero-order chi connectivity index (χ0) is 23.7. The number of nitrogens with zero attached hydrogens (tertiary/aromatic N) is 3. The van der Waals surface area contributed by atoms with Crippen LogP contribution in [-0.2, 0) is 6.54 Å². The molecule has 2 aromatic heterocycles. The van der Waals surface area contributed by atoms with Gasteiger partial charge in [-0.1, -0.05) is 17.7 Å². The number of anilines is 1. The van der Waals surface area contributed by atoms with Gasteiger partial charge < -0.3 is 15.0 Å². The molecule has 4 aromatic rings. The maximum Gasteiger partial charge on any atom is 0.336 e. The summed E-state index contributed by atoms with van der Waals surface area (Å²) in [5.41, 5.74) is 4.17. The lowest BCUT2D eigenvalue weighted by atomic mass is 10.1. The number of carbonyl (C=O) groups is 1. The molecule has 0 aliphatic carbocycles. The minimum absolute atomic E-state index is 0.266. The number of hydrogen-bond acceptors (Lipinski definition) is 5. The fraction of sp³-hybridized carbons (Fsp3) is 0.208. The number of hydrogen-bond donors (Lipinski definition) is 2. The van der Waals surface area contributed by atoms with Crippen LogP contribution in [0.1, 0.15) is 21.6 Å². The molecule has 0 aliphatic heterocycles. The largest absolute Gasteiger partial charge is 0.478 e. The van der Waals surface area contributed by atoms with E-state index < -0.39 is 5.97 Å². The van der Waals surface area contributed by atoms with Crippen LogP contribution in [0.2, 0.25) is 5.02 Å². The lowest BCUT2D eigenvalue weighted by Crippen LogP contribution is -2.12. The number of aromatic nitrogens is 3. The number of halogens is 2. The predicted octanol–water partition coefficient (Wildman–Crippen LogP) is 6.04. The molecule has 33 heavy (non-hydrogen) atoms. The zero-order valence-corrected chi connectivity index (χ0v) is 19.9. The highest BCUT2D eigenvalue weighted by molar-refractivity contribution is 7.98. The number of carboxylic acid groups (broad SMARTS) is 1. The lowest BCUT2D eigenvalue weighted by Gasteiger charge is -2.12. The Morgan fingerprint density at radius 3 is 2.73 bits per heavy atom. The average Bonchev–Trinajstić information content (AvgIpc) is 3.14. The fourth-order valence-corrected chi connectivity index (χ4v) is 4.78. The van der Waals surface area contributed by atoms with Gasteiger partial charge in [0.05, 0.1) is 21.8 Å². The van der Waals surface area contributed by atoms with Gasteiger partial charge in [0.15, 0.2) is 0 Å². The molecule has 4 rings (SSSR count). The summed E-state index contributed by atoms with van der Waals surface area (Å²) in [6.07, 6.45) is 3.31. The molecule has 0 unspecified atom stereocenters. The topological polar surface area (TPSA) is 80.0 Å². The molecule has 0 aliphatic rings. The summed E-state index contributed by atoms with van der Waals surface area (Å²) in [5, 5.41) is 13.8. The van der Waals surface area contributed by atoms with E-state index in [9.17, 15) is 14.3 Å². The SMILES string of the molecule is CSc1cc(-c2cc(NCCn3c(C)cc4c(C)c(F)cc(Cl)c43)ncn2)ccc1C(=O)O. The molecule has 2 N–H and O–H groups in total. The Labute approximate surface area is 199 Å². The Morgan fingerprint density at radius 1 is 1.21 bits per heavy atom. The summed E-state index contributed by atoms with van der Waals surface area (Å²) in [4.78, 5) is 20.7. The summed E-state index contributed by atoms with van der Waals surface area (Å²) in [5.74, 6) is -0.616. The van der Waals surface area contributed by atoms with Gasteiger partial charge in [-0.25, -0.2) is 19.2 Å². The van der Waals surface area contributed by atoms with Gasteiger partial charge in [-0.2, -0.15) is 0 Å². The van der Waals surface area contributed by atoms with E-state index >= 15 is 0 Å². The second kappa shape index (κ2) is 9.41. The Morgan fingerprint density at radius 2 is 2.00 bits per heavy atom. The molecular formula is C24H22ClFN4O2S. The quantitative estimate of drug-likeness (QED) is 0.311. The third-order valence-corrected chi connectivity index (χ3v) is 6.65. The molecule has 6 nitrogen and oxygen atoms in total. The molecule has 170 valence electrons. The van der Waals surface area contributed by atoms with E-state index in [2.05, 4.69) is 19.9 Å². The number of aromatic carboxylic acids is 1. The molecule has 0 amide bonds. The maximum absolute atomic E-state index is 14.1. The molecule has 0 bridgehead atoms. The molecule has 0 atom stereocenters. The minimum atomic E-state index is -0.957. The normalized spacial score (nSPS) is 11.2. The van der Waals surface area contributed by atoms with Crippen molar-refractivity contribution >= 4 is 46.1 Å². The van der Waals surface area contributed by atoms with Crippen molar-refractivity contribution in [2.24, 2.45) is 0 Å². The summed E-state index contributed by atoms with van der Waals surface area (Å²) in [7, 11) is 0. The number of aryl methyl sites for hydroxylation is 2. The number of nitrogens with one attached hydrogen (secondary N) is 1. The first-order valence-electron chi connectivity index (χ1n) is 10.2. The molecule has 0 saturated heterocycles. The van der Waals surface area contributed by atoms with Crippen LogP contribution in [-0.4, -0.2) is 38.4 Å². The van der Waals surface area contributed by atoms with E-state index in [1.54, 1.807) is 19.1 Å². The first-order valence-corrected chi connectivity index (χ1v) is 11.8. The van der Waals surface area contributed by atoms with Gasteiger partial charge >= 0.3 is 5.97 Å². The van der Waals surface area contributed by atoms with E-state index in [0.29, 0.717) is 40.1 Å². The summed E-state index contributed by atoms with van der Waals surface area (Å²) >= 11 is 7.73. The zero-order valence-electron chi connectivity index (χ0n) is 18.3. The van der Waals surface area contributed by atoms with Crippen molar-refractivity contribution < 1.29 is 14.3 Å². The van der Waals surface area contributed by atoms with Crippen LogP contribution < -0.4 is 5.32 Å². The second-order valence-corrected chi connectivity index (χ2v) is 8.86. The van der Waals surface area contributed by atoms with Crippen LogP contribution in [0.5, 0.6) is 0 Å². The molecule has 9 heteroatoms. The van der Waals surface area contributed by atoms with Crippen molar-refractivity contribution in [2.45, 2.75) is 25.3 Å². The van der Waals surface area contributed by atoms with Gasteiger partial charge in [0.2, 0.25) is 0 Å². The summed E-state index contributed by atoms with van der Waals surface area (Å²) < 4.78 is 16.1. The van der Waals surface area contributed by atoms with Gasteiger partial charge in [-0.3, -0.25) is 0 Å². The highest BCUT2D eigenvalue weighted by Gasteiger charge is 2.15. The Balaban J connectivity index is 1.54. The van der Waals surface area contributed by atoms with E-state index in [1.165, 1.54) is 24.2 Å². The Kier molecular flexibility index (Phi) is 6.58. The monoisotopic (exact) mass is 484 g/mol. The third-order valence-electron chi connectivity index (χ3n) is 5.58.